The van der Waals surface area contributed by atoms with Gasteiger partial charge < -0.3 is 5.32 Å². The number of carbonyl (C=O) groups is 2. The molecule has 140 valence electrons. The Kier molecular flexibility index (Phi) is 5.81. The maximum Gasteiger partial charge on any atom is 0.253 e. The predicted octanol–water partition coefficient (Wildman–Crippen LogP) is 5.23. The average molecular weight is 446 g/mol. The van der Waals surface area contributed by atoms with Gasteiger partial charge in [0.25, 0.3) is 5.91 Å². The number of halogens is 4. The molecule has 0 unspecified atom stereocenters. The molecule has 6 nitrogen and oxygen atoms in total. The molecule has 0 aliphatic carbocycles. The Balaban J connectivity index is 1.91. The van der Waals surface area contributed by atoms with Gasteiger partial charge in [-0.25, -0.2) is 10.0 Å². The average Bonchev–Trinajstić information content (AvgIpc) is 2.90. The SMILES string of the molecule is CC(=O)Nc1cccc(N=C2CC(=O)N(c3c(Cl)cc(Cl)cc3Cl)N2)c1Cl. The van der Waals surface area contributed by atoms with Gasteiger partial charge in [-0.1, -0.05) is 52.5 Å². The van der Waals surface area contributed by atoms with Crippen molar-refractivity contribution in [3.63, 3.8) is 0 Å². The zero-order chi connectivity index (χ0) is 19.7. The van der Waals surface area contributed by atoms with Crippen molar-refractivity contribution in [2.24, 2.45) is 4.99 Å². The minimum atomic E-state index is -0.297. The standard InChI is InChI=1S/C17H12Cl4N4O2/c1-8(26)22-12-3-2-4-13(16(12)21)23-14-7-15(27)25(24-14)17-10(19)5-9(18)6-11(17)20/h2-6H,7H2,1H3,(H,22,26)(H,23,24). The molecule has 1 heterocycles. The summed E-state index contributed by atoms with van der Waals surface area (Å²) in [6.45, 7) is 1.38. The summed E-state index contributed by atoms with van der Waals surface area (Å²) in [4.78, 5) is 28.0. The molecule has 2 amide bonds. The summed E-state index contributed by atoms with van der Waals surface area (Å²) in [6.07, 6.45) is -0.00399. The highest BCUT2D eigenvalue weighted by atomic mass is 35.5. The van der Waals surface area contributed by atoms with Crippen LogP contribution >= 0.6 is 46.4 Å². The molecule has 3 rings (SSSR count). The smallest absolute Gasteiger partial charge is 0.253 e. The fourth-order valence-corrected chi connectivity index (χ4v) is 3.69. The van der Waals surface area contributed by atoms with Crippen molar-refractivity contribution < 1.29 is 9.59 Å². The van der Waals surface area contributed by atoms with Crippen LogP contribution in [0.5, 0.6) is 0 Å². The lowest BCUT2D eigenvalue weighted by Gasteiger charge is -2.19. The number of carbonyl (C=O) groups excluding carboxylic acids is 2. The van der Waals surface area contributed by atoms with Crippen LogP contribution < -0.4 is 15.8 Å². The number of hydrazine groups is 1. The number of nitrogens with one attached hydrogen (secondary N) is 2. The summed E-state index contributed by atoms with van der Waals surface area (Å²) in [5.41, 5.74) is 3.98. The highest BCUT2D eigenvalue weighted by Crippen LogP contribution is 2.38. The number of hydrogen-bond donors (Lipinski definition) is 2. The monoisotopic (exact) mass is 444 g/mol. The fourth-order valence-electron chi connectivity index (χ4n) is 2.48. The summed E-state index contributed by atoms with van der Waals surface area (Å²) in [7, 11) is 0. The lowest BCUT2D eigenvalue weighted by Crippen LogP contribution is -2.36. The molecule has 2 aromatic carbocycles. The topological polar surface area (TPSA) is 73.8 Å². The van der Waals surface area contributed by atoms with Gasteiger partial charge in [0, 0.05) is 11.9 Å². The number of benzene rings is 2. The molecule has 27 heavy (non-hydrogen) atoms. The van der Waals surface area contributed by atoms with E-state index in [1.54, 1.807) is 18.2 Å². The van der Waals surface area contributed by atoms with Crippen molar-refractivity contribution in [2.75, 3.05) is 10.3 Å². The Labute approximate surface area is 175 Å². The van der Waals surface area contributed by atoms with E-state index in [0.717, 1.165) is 0 Å². The first kappa shape index (κ1) is 19.8. The van der Waals surface area contributed by atoms with Crippen molar-refractivity contribution in [1.82, 2.24) is 5.43 Å². The van der Waals surface area contributed by atoms with Crippen LogP contribution in [0.2, 0.25) is 20.1 Å². The summed E-state index contributed by atoms with van der Waals surface area (Å²) in [6, 6.07) is 7.99. The van der Waals surface area contributed by atoms with Crippen molar-refractivity contribution >= 4 is 81.1 Å². The zero-order valence-electron chi connectivity index (χ0n) is 13.8. The number of anilines is 2. The summed E-state index contributed by atoms with van der Waals surface area (Å²) >= 11 is 24.5. The van der Waals surface area contributed by atoms with E-state index < -0.39 is 0 Å². The van der Waals surface area contributed by atoms with Gasteiger partial charge in [0.2, 0.25) is 5.91 Å². The first-order valence-corrected chi connectivity index (χ1v) is 9.15. The van der Waals surface area contributed by atoms with Gasteiger partial charge in [-0.15, -0.1) is 0 Å². The lowest BCUT2D eigenvalue weighted by atomic mass is 10.2. The Morgan fingerprint density at radius 3 is 2.48 bits per heavy atom. The van der Waals surface area contributed by atoms with Gasteiger partial charge in [0.1, 0.15) is 11.5 Å². The van der Waals surface area contributed by atoms with E-state index in [1.165, 1.54) is 24.1 Å². The third-order valence-corrected chi connectivity index (χ3v) is 4.75. The molecule has 1 aliphatic rings. The predicted molar refractivity (Wildman–Crippen MR) is 110 cm³/mol. The van der Waals surface area contributed by atoms with Crippen molar-refractivity contribution in [1.29, 1.82) is 0 Å². The number of hydrogen-bond acceptors (Lipinski definition) is 3. The molecule has 0 atom stereocenters. The second-order valence-electron chi connectivity index (χ2n) is 5.61. The molecule has 0 radical (unpaired) electrons. The maximum atomic E-state index is 12.4. The Bertz CT molecular complexity index is 954. The van der Waals surface area contributed by atoms with Crippen molar-refractivity contribution in [2.45, 2.75) is 13.3 Å². The molecule has 1 aliphatic heterocycles. The Hall–Kier alpha value is -1.99. The Morgan fingerprint density at radius 1 is 1.19 bits per heavy atom. The molecule has 0 aromatic heterocycles. The van der Waals surface area contributed by atoms with Gasteiger partial charge in [0.15, 0.2) is 0 Å². The third kappa shape index (κ3) is 4.30. The van der Waals surface area contributed by atoms with E-state index in [2.05, 4.69) is 15.7 Å². The van der Waals surface area contributed by atoms with Crippen LogP contribution in [-0.2, 0) is 9.59 Å². The van der Waals surface area contributed by atoms with Crippen LogP contribution in [0, 0.1) is 0 Å². The van der Waals surface area contributed by atoms with Gasteiger partial charge in [-0.2, -0.15) is 0 Å². The maximum absolute atomic E-state index is 12.4. The molecule has 10 heteroatoms. The van der Waals surface area contributed by atoms with Crippen LogP contribution in [0.15, 0.2) is 35.3 Å². The molecule has 2 aromatic rings. The first-order valence-electron chi connectivity index (χ1n) is 7.64. The van der Waals surface area contributed by atoms with Crippen LogP contribution in [0.1, 0.15) is 13.3 Å². The van der Waals surface area contributed by atoms with E-state index in [0.29, 0.717) is 22.2 Å². The van der Waals surface area contributed by atoms with Crippen molar-refractivity contribution in [3.8, 4) is 0 Å². The molecule has 0 spiro atoms. The second-order valence-corrected chi connectivity index (χ2v) is 7.24. The van der Waals surface area contributed by atoms with Crippen molar-refractivity contribution in [3.05, 3.63) is 50.4 Å². The summed E-state index contributed by atoms with van der Waals surface area (Å²) in [5.74, 6) is -0.202. The number of amidine groups is 1. The first-order chi connectivity index (χ1) is 12.8. The normalized spacial score (nSPS) is 15.2. The quantitative estimate of drug-likeness (QED) is 0.679. The third-order valence-electron chi connectivity index (χ3n) is 3.56. The van der Waals surface area contributed by atoms with Gasteiger partial charge in [-0.3, -0.25) is 15.0 Å². The second kappa shape index (κ2) is 7.94. The molecule has 0 saturated carbocycles. The highest BCUT2D eigenvalue weighted by Gasteiger charge is 2.30. The molecule has 2 N–H and O–H groups in total. The van der Waals surface area contributed by atoms with Crippen LogP contribution in [0.4, 0.5) is 17.1 Å². The number of nitrogens with zero attached hydrogens (tertiary/aromatic N) is 2. The minimum absolute atomic E-state index is 0.00399. The molecule has 1 fully saturated rings. The van der Waals surface area contributed by atoms with Gasteiger partial charge in [0.05, 0.1) is 32.9 Å². The number of aliphatic imine (C=N–C) groups is 1. The van der Waals surface area contributed by atoms with E-state index in [4.69, 9.17) is 46.4 Å². The van der Waals surface area contributed by atoms with Gasteiger partial charge in [-0.05, 0) is 24.3 Å². The molecular weight excluding hydrogens is 434 g/mol. The van der Waals surface area contributed by atoms with E-state index in [1.807, 2.05) is 0 Å². The fraction of sp³-hybridized carbons (Fsp3) is 0.118. The molecular formula is C17H12Cl4N4O2. The largest absolute Gasteiger partial charge is 0.325 e. The van der Waals surface area contributed by atoms with Crippen LogP contribution in [0.3, 0.4) is 0 Å². The molecule has 0 bridgehead atoms. The van der Waals surface area contributed by atoms with E-state index in [9.17, 15) is 9.59 Å². The Morgan fingerprint density at radius 2 is 1.85 bits per heavy atom. The highest BCUT2D eigenvalue weighted by molar-refractivity contribution is 6.42. The van der Waals surface area contributed by atoms with Gasteiger partial charge >= 0.3 is 0 Å². The van der Waals surface area contributed by atoms with Crippen LogP contribution in [0.25, 0.3) is 0 Å². The lowest BCUT2D eigenvalue weighted by molar-refractivity contribution is -0.117. The van der Waals surface area contributed by atoms with Crippen LogP contribution in [-0.4, -0.2) is 17.6 Å². The minimum Gasteiger partial charge on any atom is -0.325 e. The summed E-state index contributed by atoms with van der Waals surface area (Å²) in [5, 5.41) is 4.89. The molecule has 1 saturated heterocycles. The summed E-state index contributed by atoms with van der Waals surface area (Å²) < 4.78 is 0. The number of amides is 2. The zero-order valence-corrected chi connectivity index (χ0v) is 16.8. The number of rotatable bonds is 3. The van der Waals surface area contributed by atoms with E-state index in [-0.39, 0.29) is 39.0 Å². The van der Waals surface area contributed by atoms with E-state index >= 15 is 0 Å².